The molecule has 1 saturated carbocycles. The third-order valence-corrected chi connectivity index (χ3v) is 8.24. The zero-order chi connectivity index (χ0) is 28.8. The number of ether oxygens (including phenoxy) is 2. The number of carbonyl (C=O) groups excluding carboxylic acids is 2. The Morgan fingerprint density at radius 3 is 2.20 bits per heavy atom. The van der Waals surface area contributed by atoms with Crippen molar-refractivity contribution in [3.05, 3.63) is 95.6 Å². The zero-order valence-electron chi connectivity index (χ0n) is 23.1. The van der Waals surface area contributed by atoms with Crippen molar-refractivity contribution in [3.8, 4) is 11.1 Å². The minimum atomic E-state index is -1.18. The molecule has 8 heteroatoms. The van der Waals surface area contributed by atoms with Crippen molar-refractivity contribution >= 4 is 18.0 Å². The summed E-state index contributed by atoms with van der Waals surface area (Å²) in [5, 5.41) is 15.3. The van der Waals surface area contributed by atoms with Crippen LogP contribution < -0.4 is 10.6 Å². The van der Waals surface area contributed by atoms with Crippen LogP contribution in [0.4, 0.5) is 4.79 Å². The van der Waals surface area contributed by atoms with E-state index in [2.05, 4.69) is 34.9 Å². The summed E-state index contributed by atoms with van der Waals surface area (Å²) in [5.41, 5.74) is 5.53. The normalized spacial score (nSPS) is 19.0. The molecule has 2 amide bonds. The second-order valence-electron chi connectivity index (χ2n) is 10.8. The fourth-order valence-electron chi connectivity index (χ4n) is 6.03. The van der Waals surface area contributed by atoms with Gasteiger partial charge in [0.15, 0.2) is 6.04 Å². The minimum Gasteiger partial charge on any atom is -0.480 e. The summed E-state index contributed by atoms with van der Waals surface area (Å²) in [5.74, 6) is -2.01. The summed E-state index contributed by atoms with van der Waals surface area (Å²) in [6.45, 7) is 2.40. The van der Waals surface area contributed by atoms with Crippen LogP contribution >= 0.6 is 0 Å². The Labute approximate surface area is 240 Å². The molecule has 5 rings (SSSR count). The molecule has 0 radical (unpaired) electrons. The predicted octanol–water partition coefficient (Wildman–Crippen LogP) is 5.12. The van der Waals surface area contributed by atoms with Gasteiger partial charge < -0.3 is 25.2 Å². The molecule has 41 heavy (non-hydrogen) atoms. The van der Waals surface area contributed by atoms with E-state index in [0.29, 0.717) is 6.42 Å². The first kappa shape index (κ1) is 28.4. The van der Waals surface area contributed by atoms with Gasteiger partial charge in [0.1, 0.15) is 6.61 Å². The number of carbonyl (C=O) groups is 3. The average molecular weight is 557 g/mol. The van der Waals surface area contributed by atoms with Crippen molar-refractivity contribution in [2.45, 2.75) is 50.9 Å². The first-order valence-corrected chi connectivity index (χ1v) is 14.2. The van der Waals surface area contributed by atoms with Crippen LogP contribution in [0.15, 0.2) is 78.9 Å². The van der Waals surface area contributed by atoms with E-state index < -0.39 is 30.1 Å². The van der Waals surface area contributed by atoms with Crippen LogP contribution in [0.2, 0.25) is 0 Å². The largest absolute Gasteiger partial charge is 0.480 e. The van der Waals surface area contributed by atoms with Gasteiger partial charge in [-0.15, -0.1) is 0 Å². The first-order valence-electron chi connectivity index (χ1n) is 14.2. The molecule has 214 valence electrons. The monoisotopic (exact) mass is 556 g/mol. The maximum Gasteiger partial charge on any atom is 0.407 e. The second kappa shape index (κ2) is 13.0. The number of benzene rings is 3. The SMILES string of the molecule is C[C@@H](OCc1ccccc1)[C@H](NC(=O)[C@H]1CCC[C@H]1CNC(=O)OCC1c2ccccc2-c2ccccc21)C(=O)O. The van der Waals surface area contributed by atoms with Gasteiger partial charge in [-0.3, -0.25) is 4.79 Å². The van der Waals surface area contributed by atoms with Crippen LogP contribution in [0, 0.1) is 11.8 Å². The highest BCUT2D eigenvalue weighted by molar-refractivity contribution is 5.86. The Morgan fingerprint density at radius 2 is 1.54 bits per heavy atom. The molecule has 8 nitrogen and oxygen atoms in total. The zero-order valence-corrected chi connectivity index (χ0v) is 23.1. The smallest absolute Gasteiger partial charge is 0.407 e. The summed E-state index contributed by atoms with van der Waals surface area (Å²) in [6.07, 6.45) is 0.973. The first-order chi connectivity index (χ1) is 19.9. The fraction of sp³-hybridized carbons (Fsp3) is 0.364. The van der Waals surface area contributed by atoms with Gasteiger partial charge in [-0.2, -0.15) is 0 Å². The molecule has 0 spiro atoms. The highest BCUT2D eigenvalue weighted by atomic mass is 16.5. The molecule has 0 saturated heterocycles. The van der Waals surface area contributed by atoms with Crippen LogP contribution in [0.25, 0.3) is 11.1 Å². The number of carboxylic acids is 1. The molecule has 0 heterocycles. The van der Waals surface area contributed by atoms with Crippen LogP contribution in [0.5, 0.6) is 0 Å². The average Bonchev–Trinajstić information content (AvgIpc) is 3.59. The number of hydrogen-bond donors (Lipinski definition) is 3. The number of carboxylic acid groups (broad SMARTS) is 1. The lowest BCUT2D eigenvalue weighted by molar-refractivity contribution is -0.147. The molecule has 0 unspecified atom stereocenters. The number of nitrogens with one attached hydrogen (secondary N) is 2. The number of aliphatic carboxylic acids is 1. The standard InChI is InChI=1S/C33H36N2O6/c1-21(40-19-22-10-3-2-4-11-22)30(32(37)38)35-31(36)24-17-9-12-23(24)18-34-33(39)41-20-29-27-15-7-5-13-25(27)26-14-6-8-16-28(26)29/h2-8,10-11,13-16,21,23-24,29-30H,9,12,17-20H2,1H3,(H,34,39)(H,35,36)(H,37,38)/t21-,23+,24+,30+/m1/s1. The Hall–Kier alpha value is -4.17. The highest BCUT2D eigenvalue weighted by Crippen LogP contribution is 2.44. The Kier molecular flexibility index (Phi) is 8.99. The van der Waals surface area contributed by atoms with E-state index in [4.69, 9.17) is 9.47 Å². The second-order valence-corrected chi connectivity index (χ2v) is 10.8. The van der Waals surface area contributed by atoms with Gasteiger partial charge in [-0.05, 0) is 53.5 Å². The maximum atomic E-state index is 13.2. The number of hydrogen-bond acceptors (Lipinski definition) is 5. The van der Waals surface area contributed by atoms with E-state index in [9.17, 15) is 19.5 Å². The fourth-order valence-corrected chi connectivity index (χ4v) is 6.03. The molecule has 3 aromatic carbocycles. The van der Waals surface area contributed by atoms with E-state index in [1.807, 2.05) is 54.6 Å². The van der Waals surface area contributed by atoms with Gasteiger partial charge >= 0.3 is 12.1 Å². The van der Waals surface area contributed by atoms with E-state index >= 15 is 0 Å². The number of rotatable bonds is 11. The Bertz CT molecular complexity index is 1330. The minimum absolute atomic E-state index is 0.0304. The molecule has 4 atom stereocenters. The van der Waals surface area contributed by atoms with Crippen LogP contribution in [0.3, 0.4) is 0 Å². The summed E-state index contributed by atoms with van der Waals surface area (Å²) >= 11 is 0. The van der Waals surface area contributed by atoms with E-state index in [1.165, 1.54) is 0 Å². The van der Waals surface area contributed by atoms with Gasteiger partial charge in [0.05, 0.1) is 12.7 Å². The Morgan fingerprint density at radius 1 is 0.902 bits per heavy atom. The summed E-state index contributed by atoms with van der Waals surface area (Å²) < 4.78 is 11.4. The highest BCUT2D eigenvalue weighted by Gasteiger charge is 2.37. The van der Waals surface area contributed by atoms with E-state index in [0.717, 1.165) is 40.7 Å². The maximum absolute atomic E-state index is 13.2. The Balaban J connectivity index is 1.12. The lowest BCUT2D eigenvalue weighted by Gasteiger charge is -2.25. The molecule has 0 aromatic heterocycles. The summed E-state index contributed by atoms with van der Waals surface area (Å²) in [4.78, 5) is 37.8. The number of alkyl carbamates (subject to hydrolysis) is 1. The van der Waals surface area contributed by atoms with Gasteiger partial charge in [0, 0.05) is 18.4 Å². The lowest BCUT2D eigenvalue weighted by Crippen LogP contribution is -2.51. The van der Waals surface area contributed by atoms with Gasteiger partial charge in [-0.1, -0.05) is 85.3 Å². The molecule has 0 bridgehead atoms. The van der Waals surface area contributed by atoms with Gasteiger partial charge in [0.25, 0.3) is 0 Å². The van der Waals surface area contributed by atoms with Crippen LogP contribution in [-0.2, 0) is 25.7 Å². The van der Waals surface area contributed by atoms with E-state index in [1.54, 1.807) is 6.92 Å². The lowest BCUT2D eigenvalue weighted by atomic mass is 9.94. The van der Waals surface area contributed by atoms with Crippen molar-refractivity contribution in [1.82, 2.24) is 10.6 Å². The van der Waals surface area contributed by atoms with Gasteiger partial charge in [-0.25, -0.2) is 9.59 Å². The van der Waals surface area contributed by atoms with Gasteiger partial charge in [0.2, 0.25) is 5.91 Å². The molecular weight excluding hydrogens is 520 g/mol. The molecule has 2 aliphatic rings. The molecule has 1 fully saturated rings. The van der Waals surface area contributed by atoms with Crippen molar-refractivity contribution in [2.24, 2.45) is 11.8 Å². The topological polar surface area (TPSA) is 114 Å². The third kappa shape index (κ3) is 6.60. The molecule has 0 aliphatic heterocycles. The quantitative estimate of drug-likeness (QED) is 0.302. The third-order valence-electron chi connectivity index (χ3n) is 8.24. The summed E-state index contributed by atoms with van der Waals surface area (Å²) in [6, 6.07) is 24.6. The summed E-state index contributed by atoms with van der Waals surface area (Å²) in [7, 11) is 0. The van der Waals surface area contributed by atoms with Crippen molar-refractivity contribution < 1.29 is 29.0 Å². The van der Waals surface area contributed by atoms with Crippen LogP contribution in [-0.4, -0.2) is 48.4 Å². The van der Waals surface area contributed by atoms with E-state index in [-0.39, 0.29) is 37.5 Å². The van der Waals surface area contributed by atoms with Crippen LogP contribution in [0.1, 0.15) is 48.8 Å². The van der Waals surface area contributed by atoms with Crippen molar-refractivity contribution in [2.75, 3.05) is 13.2 Å². The molecular formula is C33H36N2O6. The molecule has 3 aromatic rings. The van der Waals surface area contributed by atoms with Crippen molar-refractivity contribution in [3.63, 3.8) is 0 Å². The van der Waals surface area contributed by atoms with Crippen molar-refractivity contribution in [1.29, 1.82) is 0 Å². The number of fused-ring (bicyclic) bond motifs is 3. The predicted molar refractivity (Wildman–Crippen MR) is 154 cm³/mol. The number of amides is 2. The molecule has 2 aliphatic carbocycles. The molecule has 3 N–H and O–H groups in total.